The number of rotatable bonds is 4. The third kappa shape index (κ3) is 4.34. The first kappa shape index (κ1) is 19.9. The largest absolute Gasteiger partial charge is 0.0906 e. The number of hydrogen-bond donors (Lipinski definition) is 0. The van der Waals surface area contributed by atoms with Crippen molar-refractivity contribution in [2.45, 2.75) is 40.0 Å². The molecule has 0 unspecified atom stereocenters. The van der Waals surface area contributed by atoms with Crippen LogP contribution in [0.15, 0.2) is 79.9 Å². The molecule has 0 saturated carbocycles. The van der Waals surface area contributed by atoms with Crippen LogP contribution < -0.4 is 0 Å². The Hall–Kier alpha value is -2.86. The van der Waals surface area contributed by atoms with E-state index >= 15 is 0 Å². The van der Waals surface area contributed by atoms with Crippen molar-refractivity contribution in [3.05, 3.63) is 119 Å². The lowest BCUT2D eigenvalue weighted by atomic mass is 9.82. The van der Waals surface area contributed by atoms with E-state index < -0.39 is 0 Å². The molecule has 0 heterocycles. The van der Waals surface area contributed by atoms with Crippen molar-refractivity contribution in [2.24, 2.45) is 0 Å². The molecule has 0 aliphatic rings. The van der Waals surface area contributed by atoms with Crippen LogP contribution in [0.25, 0.3) is 11.1 Å². The van der Waals surface area contributed by atoms with Gasteiger partial charge in [-0.15, -0.1) is 0 Å². The molecule has 0 N–H and O–H groups in total. The van der Waals surface area contributed by atoms with Crippen molar-refractivity contribution in [1.29, 1.82) is 0 Å². The highest BCUT2D eigenvalue weighted by Crippen LogP contribution is 2.33. The minimum absolute atomic E-state index is 0.0475. The van der Waals surface area contributed by atoms with Gasteiger partial charge in [-0.2, -0.15) is 0 Å². The van der Waals surface area contributed by atoms with Gasteiger partial charge in [0.25, 0.3) is 0 Å². The summed E-state index contributed by atoms with van der Waals surface area (Å²) in [5.74, 6) is 0. The summed E-state index contributed by atoms with van der Waals surface area (Å²) in [6.45, 7) is 19.8. The van der Waals surface area contributed by atoms with E-state index in [-0.39, 0.29) is 5.41 Å². The molecule has 0 fully saturated rings. The first-order valence-electron chi connectivity index (χ1n) is 9.83. The van der Waals surface area contributed by atoms with Crippen molar-refractivity contribution in [3.63, 3.8) is 0 Å². The minimum atomic E-state index is 0.0475. The second-order valence-electron chi connectivity index (χ2n) is 8.74. The van der Waals surface area contributed by atoms with Crippen molar-refractivity contribution >= 4 is 11.1 Å². The van der Waals surface area contributed by atoms with Crippen LogP contribution in [-0.2, 0) is 5.41 Å². The Morgan fingerprint density at radius 2 is 0.929 bits per heavy atom. The fourth-order valence-electron chi connectivity index (χ4n) is 3.25. The third-order valence-corrected chi connectivity index (χ3v) is 5.30. The Bertz CT molecular complexity index is 931. The van der Waals surface area contributed by atoms with Crippen LogP contribution in [0.1, 0.15) is 59.7 Å². The van der Waals surface area contributed by atoms with Gasteiger partial charge in [0.1, 0.15) is 0 Å². The molecule has 0 bridgehead atoms. The summed E-state index contributed by atoms with van der Waals surface area (Å²) < 4.78 is 0. The average molecular weight is 367 g/mol. The fourth-order valence-corrected chi connectivity index (χ4v) is 3.25. The van der Waals surface area contributed by atoms with E-state index in [1.165, 1.54) is 16.7 Å². The predicted octanol–water partition coefficient (Wildman–Crippen LogP) is 7.72. The Morgan fingerprint density at radius 3 is 1.25 bits per heavy atom. The van der Waals surface area contributed by atoms with Crippen molar-refractivity contribution in [1.82, 2.24) is 0 Å². The summed E-state index contributed by atoms with van der Waals surface area (Å²) in [5.41, 5.74) is 10.6. The van der Waals surface area contributed by atoms with Crippen molar-refractivity contribution in [3.8, 4) is 0 Å². The molecule has 0 nitrogen and oxygen atoms in total. The molecule has 0 saturated heterocycles. The highest BCUT2D eigenvalue weighted by Gasteiger charge is 2.18. The molecule has 0 amide bonds. The summed E-state index contributed by atoms with van der Waals surface area (Å²) in [6, 6.07) is 23.9. The van der Waals surface area contributed by atoms with Gasteiger partial charge < -0.3 is 0 Å². The number of hydrogen-bond acceptors (Lipinski definition) is 0. The molecule has 0 aromatic heterocycles. The third-order valence-electron chi connectivity index (χ3n) is 5.30. The van der Waals surface area contributed by atoms with Crippen LogP contribution in [0.3, 0.4) is 0 Å². The second kappa shape index (κ2) is 7.64. The quantitative estimate of drug-likeness (QED) is 0.443. The van der Waals surface area contributed by atoms with Gasteiger partial charge in [-0.05, 0) is 64.3 Å². The molecule has 0 radical (unpaired) electrons. The van der Waals surface area contributed by atoms with Crippen LogP contribution in [0, 0.1) is 13.8 Å². The van der Waals surface area contributed by atoms with E-state index in [0.29, 0.717) is 0 Å². The van der Waals surface area contributed by atoms with Gasteiger partial charge in [-0.3, -0.25) is 0 Å². The van der Waals surface area contributed by atoms with E-state index in [4.69, 9.17) is 0 Å². The van der Waals surface area contributed by atoms with E-state index in [0.717, 1.165) is 33.4 Å². The number of aryl methyl sites for hydroxylation is 2. The van der Waals surface area contributed by atoms with Gasteiger partial charge in [0.15, 0.2) is 0 Å². The van der Waals surface area contributed by atoms with Crippen molar-refractivity contribution in [2.75, 3.05) is 0 Å². The molecule has 0 heteroatoms. The molecular weight excluding hydrogens is 336 g/mol. The van der Waals surface area contributed by atoms with Crippen molar-refractivity contribution < 1.29 is 0 Å². The zero-order valence-corrected chi connectivity index (χ0v) is 17.8. The summed E-state index contributed by atoms with van der Waals surface area (Å²) in [5, 5.41) is 0. The van der Waals surface area contributed by atoms with Crippen LogP contribution in [0.4, 0.5) is 0 Å². The molecule has 142 valence electrons. The Labute approximate surface area is 170 Å². The van der Waals surface area contributed by atoms with Gasteiger partial charge in [-0.25, -0.2) is 0 Å². The highest BCUT2D eigenvalue weighted by molar-refractivity contribution is 5.84. The lowest BCUT2D eigenvalue weighted by molar-refractivity contribution is 0.590. The summed E-state index contributed by atoms with van der Waals surface area (Å²) in [4.78, 5) is 0. The monoisotopic (exact) mass is 366 g/mol. The normalized spacial score (nSPS) is 11.3. The molecule has 28 heavy (non-hydrogen) atoms. The standard InChI is InChI=1S/C28H30/c1-19-8-12-23(13-9-19)21(3)25-16-26(18-27(17-25)28(5,6)7)22(4)24-14-10-20(2)11-15-24/h8-18H,3-4H2,1-2,5-7H3. The summed E-state index contributed by atoms with van der Waals surface area (Å²) in [6.07, 6.45) is 0. The maximum Gasteiger partial charge on any atom is -0.0131 e. The molecular formula is C28H30. The zero-order chi connectivity index (χ0) is 20.5. The Kier molecular flexibility index (Phi) is 5.42. The zero-order valence-electron chi connectivity index (χ0n) is 17.8. The molecule has 0 aliphatic heterocycles. The maximum absolute atomic E-state index is 4.40. The SMILES string of the molecule is C=C(c1ccc(C)cc1)c1cc(C(=C)c2ccc(C)cc2)cc(C(C)(C)C)c1. The Morgan fingerprint density at radius 1 is 0.571 bits per heavy atom. The minimum Gasteiger partial charge on any atom is -0.0906 e. The topological polar surface area (TPSA) is 0 Å². The lowest BCUT2D eigenvalue weighted by Gasteiger charge is -2.23. The van der Waals surface area contributed by atoms with E-state index in [1.54, 1.807) is 0 Å². The van der Waals surface area contributed by atoms with E-state index in [1.807, 2.05) is 0 Å². The molecule has 3 rings (SSSR count). The summed E-state index contributed by atoms with van der Waals surface area (Å²) in [7, 11) is 0. The average Bonchev–Trinajstić information content (AvgIpc) is 2.67. The maximum atomic E-state index is 4.40. The van der Waals surface area contributed by atoms with Gasteiger partial charge in [0.2, 0.25) is 0 Å². The first-order valence-corrected chi connectivity index (χ1v) is 9.83. The van der Waals surface area contributed by atoms with Crippen LogP contribution >= 0.6 is 0 Å². The van der Waals surface area contributed by atoms with Crippen LogP contribution in [0.2, 0.25) is 0 Å². The second-order valence-corrected chi connectivity index (χ2v) is 8.74. The lowest BCUT2D eigenvalue weighted by Crippen LogP contribution is -2.12. The molecule has 0 aliphatic carbocycles. The van der Waals surface area contributed by atoms with Gasteiger partial charge >= 0.3 is 0 Å². The molecule has 3 aromatic carbocycles. The summed E-state index contributed by atoms with van der Waals surface area (Å²) >= 11 is 0. The Balaban J connectivity index is 2.09. The van der Waals surface area contributed by atoms with Gasteiger partial charge in [0, 0.05) is 0 Å². The van der Waals surface area contributed by atoms with E-state index in [2.05, 4.69) is 115 Å². The predicted molar refractivity (Wildman–Crippen MR) is 124 cm³/mol. The molecule has 0 spiro atoms. The highest BCUT2D eigenvalue weighted by atomic mass is 14.2. The number of benzene rings is 3. The van der Waals surface area contributed by atoms with Gasteiger partial charge in [-0.1, -0.05) is 106 Å². The van der Waals surface area contributed by atoms with Crippen LogP contribution in [-0.4, -0.2) is 0 Å². The van der Waals surface area contributed by atoms with Crippen LogP contribution in [0.5, 0.6) is 0 Å². The smallest absolute Gasteiger partial charge is 0.0131 e. The van der Waals surface area contributed by atoms with E-state index in [9.17, 15) is 0 Å². The van der Waals surface area contributed by atoms with Gasteiger partial charge in [0.05, 0.1) is 0 Å². The first-order chi connectivity index (χ1) is 13.1. The molecule has 3 aromatic rings. The molecule has 0 atom stereocenters. The fraction of sp³-hybridized carbons (Fsp3) is 0.214.